The number of rotatable bonds is 6. The van der Waals surface area contributed by atoms with E-state index in [1.165, 1.54) is 31.0 Å². The molecular formula is C21H20FN5O2. The lowest BCUT2D eigenvalue weighted by molar-refractivity contribution is 0.0999. The Labute approximate surface area is 166 Å². The molecule has 2 aromatic carbocycles. The van der Waals surface area contributed by atoms with E-state index in [4.69, 9.17) is 5.73 Å². The molecule has 1 aromatic heterocycles. The first-order chi connectivity index (χ1) is 13.9. The average molecular weight is 393 g/mol. The molecule has 0 atom stereocenters. The fourth-order valence-electron chi connectivity index (χ4n) is 3.22. The predicted molar refractivity (Wildman–Crippen MR) is 106 cm³/mol. The third kappa shape index (κ3) is 4.01. The quantitative estimate of drug-likeness (QED) is 0.671. The second kappa shape index (κ2) is 7.46. The summed E-state index contributed by atoms with van der Waals surface area (Å²) in [6.07, 6.45) is 4.08. The molecule has 4 rings (SSSR count). The van der Waals surface area contributed by atoms with Crippen molar-refractivity contribution in [1.82, 2.24) is 15.0 Å². The molecule has 0 unspecified atom stereocenters. The summed E-state index contributed by atoms with van der Waals surface area (Å²) in [4.78, 5) is 24.2. The van der Waals surface area contributed by atoms with Crippen LogP contribution < -0.4 is 11.1 Å². The van der Waals surface area contributed by atoms with Crippen LogP contribution in [-0.4, -0.2) is 26.8 Å². The molecule has 3 aromatic rings. The first-order valence-corrected chi connectivity index (χ1v) is 9.33. The summed E-state index contributed by atoms with van der Waals surface area (Å²) in [5.74, 6) is -0.844. The van der Waals surface area contributed by atoms with E-state index in [2.05, 4.69) is 15.6 Å². The second-order valence-electron chi connectivity index (χ2n) is 7.26. The van der Waals surface area contributed by atoms with Gasteiger partial charge in [-0.2, -0.15) is 0 Å². The molecule has 0 radical (unpaired) electrons. The van der Waals surface area contributed by atoms with Crippen molar-refractivity contribution in [3.8, 4) is 11.3 Å². The highest BCUT2D eigenvalue weighted by atomic mass is 19.1. The lowest BCUT2D eigenvalue weighted by Gasteiger charge is -2.11. The number of hydrogen-bond acceptors (Lipinski definition) is 4. The van der Waals surface area contributed by atoms with E-state index in [0.29, 0.717) is 28.4 Å². The van der Waals surface area contributed by atoms with Crippen molar-refractivity contribution in [2.24, 2.45) is 11.7 Å². The Morgan fingerprint density at radius 1 is 1.24 bits per heavy atom. The topological polar surface area (TPSA) is 103 Å². The van der Waals surface area contributed by atoms with Gasteiger partial charge in [0.2, 0.25) is 5.91 Å². The van der Waals surface area contributed by atoms with Crippen molar-refractivity contribution >= 4 is 17.5 Å². The molecule has 29 heavy (non-hydrogen) atoms. The van der Waals surface area contributed by atoms with Crippen LogP contribution in [0.25, 0.3) is 11.3 Å². The Morgan fingerprint density at radius 3 is 2.72 bits per heavy atom. The summed E-state index contributed by atoms with van der Waals surface area (Å²) in [5.41, 5.74) is 7.51. The molecule has 0 aliphatic heterocycles. The zero-order valence-electron chi connectivity index (χ0n) is 15.9. The number of carbonyl (C=O) groups excluding carboxylic acids is 2. The van der Waals surface area contributed by atoms with Gasteiger partial charge in [0.25, 0.3) is 5.91 Å². The van der Waals surface area contributed by atoms with E-state index >= 15 is 0 Å². The predicted octanol–water partition coefficient (Wildman–Crippen LogP) is 3.15. The highest BCUT2D eigenvalue weighted by Gasteiger charge is 2.23. The van der Waals surface area contributed by atoms with E-state index < -0.39 is 17.6 Å². The Hall–Kier alpha value is -3.55. The number of halogens is 1. The number of nitrogens with one attached hydrogen (secondary N) is 1. The molecule has 7 nitrogen and oxygen atoms in total. The molecule has 1 fully saturated rings. The maximum absolute atomic E-state index is 14.4. The maximum Gasteiger partial charge on any atom is 0.255 e. The van der Waals surface area contributed by atoms with Crippen LogP contribution in [0.15, 0.2) is 42.6 Å². The molecule has 0 spiro atoms. The minimum Gasteiger partial charge on any atom is -0.366 e. The molecule has 1 saturated carbocycles. The molecule has 8 heteroatoms. The second-order valence-corrected chi connectivity index (χ2v) is 7.26. The Morgan fingerprint density at radius 2 is 2.00 bits per heavy atom. The first kappa shape index (κ1) is 18.8. The van der Waals surface area contributed by atoms with E-state index in [0.717, 1.165) is 6.54 Å². The van der Waals surface area contributed by atoms with Gasteiger partial charge in [0, 0.05) is 28.9 Å². The molecule has 148 valence electrons. The van der Waals surface area contributed by atoms with Crippen LogP contribution >= 0.6 is 0 Å². The van der Waals surface area contributed by atoms with Crippen molar-refractivity contribution < 1.29 is 14.0 Å². The first-order valence-electron chi connectivity index (χ1n) is 9.33. The lowest BCUT2D eigenvalue weighted by atomic mass is 10.0. The normalized spacial score (nSPS) is 13.3. The third-order valence-corrected chi connectivity index (χ3v) is 5.02. The van der Waals surface area contributed by atoms with Crippen molar-refractivity contribution in [3.63, 3.8) is 0 Å². The van der Waals surface area contributed by atoms with Crippen molar-refractivity contribution in [2.75, 3.05) is 5.32 Å². The van der Waals surface area contributed by atoms with Gasteiger partial charge in [0.05, 0.1) is 6.20 Å². The van der Waals surface area contributed by atoms with Crippen molar-refractivity contribution in [2.45, 2.75) is 26.3 Å². The van der Waals surface area contributed by atoms with Crippen molar-refractivity contribution in [1.29, 1.82) is 0 Å². The summed E-state index contributed by atoms with van der Waals surface area (Å²) >= 11 is 0. The van der Waals surface area contributed by atoms with Crippen LogP contribution in [0, 0.1) is 18.7 Å². The number of nitrogens with zero attached hydrogens (tertiary/aromatic N) is 3. The van der Waals surface area contributed by atoms with Gasteiger partial charge >= 0.3 is 0 Å². The minimum atomic E-state index is -0.601. The summed E-state index contributed by atoms with van der Waals surface area (Å²) in [5, 5.41) is 10.9. The van der Waals surface area contributed by atoms with Gasteiger partial charge in [-0.15, -0.1) is 5.10 Å². The number of carbonyl (C=O) groups is 2. The molecule has 2 amide bonds. The van der Waals surface area contributed by atoms with Gasteiger partial charge in [-0.25, -0.2) is 4.39 Å². The smallest absolute Gasteiger partial charge is 0.255 e. The van der Waals surface area contributed by atoms with E-state index in [1.807, 2.05) is 0 Å². The zero-order chi connectivity index (χ0) is 20.5. The number of benzene rings is 2. The molecule has 3 N–H and O–H groups in total. The fourth-order valence-corrected chi connectivity index (χ4v) is 3.22. The minimum absolute atomic E-state index is 0.257. The van der Waals surface area contributed by atoms with Crippen LogP contribution in [0.5, 0.6) is 0 Å². The van der Waals surface area contributed by atoms with Crippen LogP contribution in [0.2, 0.25) is 0 Å². The van der Waals surface area contributed by atoms with Crippen molar-refractivity contribution in [3.05, 3.63) is 65.1 Å². The SMILES string of the molecule is Cc1c(C(N)=O)cccc1C(=O)Nc1ccc(F)c(-c2cn(CC3CC3)nn2)c1. The molecule has 1 heterocycles. The summed E-state index contributed by atoms with van der Waals surface area (Å²) in [6.45, 7) is 2.43. The number of hydrogen-bond donors (Lipinski definition) is 2. The molecule has 1 aliphatic rings. The third-order valence-electron chi connectivity index (χ3n) is 5.02. The van der Waals surface area contributed by atoms with Crippen LogP contribution in [-0.2, 0) is 6.54 Å². The Balaban J connectivity index is 1.57. The fraction of sp³-hybridized carbons (Fsp3) is 0.238. The van der Waals surface area contributed by atoms with Gasteiger partial charge in [-0.1, -0.05) is 11.3 Å². The van der Waals surface area contributed by atoms with Gasteiger partial charge in [-0.3, -0.25) is 14.3 Å². The van der Waals surface area contributed by atoms with Gasteiger partial charge in [0.15, 0.2) is 0 Å². The molecular weight excluding hydrogens is 373 g/mol. The van der Waals surface area contributed by atoms with Crippen LogP contribution in [0.4, 0.5) is 10.1 Å². The summed E-state index contributed by atoms with van der Waals surface area (Å²) in [7, 11) is 0. The maximum atomic E-state index is 14.4. The molecule has 0 bridgehead atoms. The molecule has 1 aliphatic carbocycles. The van der Waals surface area contributed by atoms with E-state index in [-0.39, 0.29) is 11.1 Å². The van der Waals surface area contributed by atoms with Gasteiger partial charge in [-0.05, 0) is 61.6 Å². The Bertz CT molecular complexity index is 1100. The highest BCUT2D eigenvalue weighted by Crippen LogP contribution is 2.31. The lowest BCUT2D eigenvalue weighted by Crippen LogP contribution is -2.18. The Kier molecular flexibility index (Phi) is 4.84. The number of nitrogens with two attached hydrogens (primary N) is 1. The van der Waals surface area contributed by atoms with E-state index in [9.17, 15) is 14.0 Å². The number of primary amides is 1. The summed E-state index contributed by atoms with van der Waals surface area (Å²) in [6, 6.07) is 9.03. The van der Waals surface area contributed by atoms with Crippen LogP contribution in [0.1, 0.15) is 39.1 Å². The van der Waals surface area contributed by atoms with Gasteiger partial charge in [0.1, 0.15) is 11.5 Å². The molecule has 0 saturated heterocycles. The number of aromatic nitrogens is 3. The zero-order valence-corrected chi connectivity index (χ0v) is 15.9. The number of anilines is 1. The number of amides is 2. The highest BCUT2D eigenvalue weighted by molar-refractivity contribution is 6.07. The summed E-state index contributed by atoms with van der Waals surface area (Å²) < 4.78 is 16.1. The van der Waals surface area contributed by atoms with Gasteiger partial charge < -0.3 is 11.1 Å². The standard InChI is InChI=1S/C21H20FN5O2/c1-12-15(20(23)28)3-2-4-16(12)21(29)24-14-7-8-18(22)17(9-14)19-11-27(26-25-19)10-13-5-6-13/h2-4,7-9,11,13H,5-6,10H2,1H3,(H2,23,28)(H,24,29). The monoisotopic (exact) mass is 393 g/mol. The van der Waals surface area contributed by atoms with E-state index in [1.54, 1.807) is 36.0 Å². The largest absolute Gasteiger partial charge is 0.366 e. The average Bonchev–Trinajstić information content (AvgIpc) is 3.38. The van der Waals surface area contributed by atoms with Crippen LogP contribution in [0.3, 0.4) is 0 Å².